The van der Waals surface area contributed by atoms with Gasteiger partial charge in [0.15, 0.2) is 0 Å². The predicted molar refractivity (Wildman–Crippen MR) is 78.7 cm³/mol. The lowest BCUT2D eigenvalue weighted by Gasteiger charge is -2.23. The fraction of sp³-hybridized carbons (Fsp3) is 0.429. The molecular formula is C14H17N3O5. The maximum absolute atomic E-state index is 12.4. The molecule has 2 rings (SSSR count). The summed E-state index contributed by atoms with van der Waals surface area (Å²) in [6, 6.07) is 5.56. The van der Waals surface area contributed by atoms with Crippen LogP contribution >= 0.6 is 0 Å². The highest BCUT2D eigenvalue weighted by Gasteiger charge is 2.35. The molecule has 0 radical (unpaired) electrons. The van der Waals surface area contributed by atoms with E-state index in [1.54, 1.807) is 24.1 Å². The van der Waals surface area contributed by atoms with Gasteiger partial charge in [-0.1, -0.05) is 6.07 Å². The molecule has 0 bridgehead atoms. The third-order valence-corrected chi connectivity index (χ3v) is 3.74. The van der Waals surface area contributed by atoms with E-state index in [0.717, 1.165) is 0 Å². The number of carbonyl (C=O) groups excluding carboxylic acids is 1. The van der Waals surface area contributed by atoms with Gasteiger partial charge in [0.05, 0.1) is 23.1 Å². The number of likely N-dealkylation sites (N-methyl/N-ethyl adjacent to an activating group) is 1. The second-order valence-corrected chi connectivity index (χ2v) is 5.20. The molecule has 1 atom stereocenters. The zero-order valence-electron chi connectivity index (χ0n) is 12.1. The van der Waals surface area contributed by atoms with E-state index in [1.807, 2.05) is 0 Å². The first-order valence-electron chi connectivity index (χ1n) is 6.88. The van der Waals surface area contributed by atoms with Crippen LogP contribution in [0.2, 0.25) is 0 Å². The number of carbonyl (C=O) groups is 2. The molecule has 1 aliphatic rings. The van der Waals surface area contributed by atoms with Crippen LogP contribution < -0.4 is 4.90 Å². The highest BCUT2D eigenvalue weighted by atomic mass is 16.6. The molecule has 1 aromatic rings. The van der Waals surface area contributed by atoms with E-state index >= 15 is 0 Å². The lowest BCUT2D eigenvalue weighted by Crippen LogP contribution is -2.40. The van der Waals surface area contributed by atoms with Gasteiger partial charge >= 0.3 is 5.97 Å². The lowest BCUT2D eigenvalue weighted by molar-refractivity contribution is -0.384. The molecule has 22 heavy (non-hydrogen) atoms. The minimum absolute atomic E-state index is 0.0307. The van der Waals surface area contributed by atoms with Gasteiger partial charge in [-0.05, 0) is 19.5 Å². The summed E-state index contributed by atoms with van der Waals surface area (Å²) in [5.41, 5.74) is 0.432. The Kier molecular flexibility index (Phi) is 4.71. The smallest absolute Gasteiger partial charge is 0.304 e. The average molecular weight is 307 g/mol. The van der Waals surface area contributed by atoms with E-state index in [-0.39, 0.29) is 24.6 Å². The molecule has 1 aliphatic heterocycles. The summed E-state index contributed by atoms with van der Waals surface area (Å²) in [5, 5.41) is 19.5. The summed E-state index contributed by atoms with van der Waals surface area (Å²) in [5.74, 6) is -1.07. The molecule has 1 saturated heterocycles. The van der Waals surface area contributed by atoms with E-state index < -0.39 is 16.9 Å². The van der Waals surface area contributed by atoms with Gasteiger partial charge in [-0.25, -0.2) is 0 Å². The van der Waals surface area contributed by atoms with Crippen molar-refractivity contribution < 1.29 is 19.6 Å². The number of nitrogens with zero attached hydrogens (tertiary/aromatic N) is 3. The van der Waals surface area contributed by atoms with Crippen molar-refractivity contribution in [3.63, 3.8) is 0 Å². The fourth-order valence-corrected chi connectivity index (χ4v) is 2.53. The molecule has 1 N–H and O–H groups in total. The summed E-state index contributed by atoms with van der Waals surface area (Å²) in [6.07, 6.45) is 0.536. The van der Waals surface area contributed by atoms with Crippen LogP contribution in [0.1, 0.15) is 12.8 Å². The number of carboxylic acids is 1. The van der Waals surface area contributed by atoms with E-state index in [9.17, 15) is 19.7 Å². The molecule has 1 amide bonds. The number of hydrogen-bond acceptors (Lipinski definition) is 5. The predicted octanol–water partition coefficient (Wildman–Crippen LogP) is 1.11. The largest absolute Gasteiger partial charge is 0.481 e. The summed E-state index contributed by atoms with van der Waals surface area (Å²) in [6.45, 7) is 0.747. The zero-order chi connectivity index (χ0) is 16.3. The molecule has 0 aromatic heterocycles. The van der Waals surface area contributed by atoms with Gasteiger partial charge in [-0.3, -0.25) is 24.6 Å². The van der Waals surface area contributed by atoms with Gasteiger partial charge in [0.2, 0.25) is 5.91 Å². The molecule has 8 heteroatoms. The second-order valence-electron chi connectivity index (χ2n) is 5.20. The molecule has 1 heterocycles. The zero-order valence-corrected chi connectivity index (χ0v) is 12.1. The van der Waals surface area contributed by atoms with Gasteiger partial charge in [-0.15, -0.1) is 0 Å². The Bertz CT molecular complexity index is 604. The van der Waals surface area contributed by atoms with Crippen molar-refractivity contribution in [3.05, 3.63) is 34.4 Å². The molecule has 1 aromatic carbocycles. The summed E-state index contributed by atoms with van der Waals surface area (Å²) >= 11 is 0. The number of carboxylic acid groups (broad SMARTS) is 1. The van der Waals surface area contributed by atoms with E-state index in [1.165, 1.54) is 17.0 Å². The number of nitro groups is 1. The van der Waals surface area contributed by atoms with Gasteiger partial charge in [0, 0.05) is 25.2 Å². The van der Waals surface area contributed by atoms with Crippen molar-refractivity contribution in [2.75, 3.05) is 25.0 Å². The van der Waals surface area contributed by atoms with E-state index in [0.29, 0.717) is 18.7 Å². The lowest BCUT2D eigenvalue weighted by atomic mass is 10.2. The molecule has 0 aliphatic carbocycles. The van der Waals surface area contributed by atoms with Crippen LogP contribution in [-0.4, -0.2) is 53.0 Å². The van der Waals surface area contributed by atoms with Crippen LogP contribution in [0.4, 0.5) is 11.4 Å². The molecular weight excluding hydrogens is 290 g/mol. The summed E-state index contributed by atoms with van der Waals surface area (Å²) in [4.78, 5) is 36.6. The Labute approximate surface area is 127 Å². The molecule has 8 nitrogen and oxygen atoms in total. The first-order chi connectivity index (χ1) is 10.4. The number of amides is 1. The van der Waals surface area contributed by atoms with Crippen LogP contribution in [0, 0.1) is 10.1 Å². The molecule has 1 unspecified atom stereocenters. The number of anilines is 1. The van der Waals surface area contributed by atoms with Gasteiger partial charge in [0.1, 0.15) is 0 Å². The first kappa shape index (κ1) is 15.9. The van der Waals surface area contributed by atoms with Crippen molar-refractivity contribution in [2.45, 2.75) is 18.9 Å². The third-order valence-electron chi connectivity index (χ3n) is 3.74. The van der Waals surface area contributed by atoms with E-state index in [4.69, 9.17) is 5.11 Å². The Morgan fingerprint density at radius 3 is 2.91 bits per heavy atom. The third kappa shape index (κ3) is 3.40. The van der Waals surface area contributed by atoms with Crippen molar-refractivity contribution >= 4 is 23.3 Å². The average Bonchev–Trinajstić information content (AvgIpc) is 2.86. The quantitative estimate of drug-likeness (QED) is 0.623. The minimum Gasteiger partial charge on any atom is -0.481 e. The van der Waals surface area contributed by atoms with Gasteiger partial charge < -0.3 is 10.0 Å². The highest BCUT2D eigenvalue weighted by molar-refractivity contribution is 5.99. The number of rotatable bonds is 6. The van der Waals surface area contributed by atoms with Crippen molar-refractivity contribution in [1.82, 2.24) is 4.90 Å². The summed E-state index contributed by atoms with van der Waals surface area (Å²) < 4.78 is 0. The molecule has 1 fully saturated rings. The fourth-order valence-electron chi connectivity index (χ4n) is 2.53. The highest BCUT2D eigenvalue weighted by Crippen LogP contribution is 2.27. The first-order valence-corrected chi connectivity index (χ1v) is 6.88. The molecule has 0 spiro atoms. The Hall–Kier alpha value is -2.48. The van der Waals surface area contributed by atoms with Crippen LogP contribution in [0.25, 0.3) is 0 Å². The Balaban J connectivity index is 2.09. The standard InChI is InChI=1S/C14H17N3O5/c1-15(7-6-13(18)19)12-5-8-16(14(12)20)10-3-2-4-11(9-10)17(21)22/h2-4,9,12H,5-8H2,1H3,(H,18,19). The van der Waals surface area contributed by atoms with Crippen LogP contribution in [0.15, 0.2) is 24.3 Å². The molecule has 118 valence electrons. The number of non-ortho nitro benzene ring substituents is 1. The second kappa shape index (κ2) is 6.52. The number of benzene rings is 1. The summed E-state index contributed by atoms with van der Waals surface area (Å²) in [7, 11) is 1.71. The van der Waals surface area contributed by atoms with Gasteiger partial charge in [-0.2, -0.15) is 0 Å². The number of nitro benzene ring substituents is 1. The van der Waals surface area contributed by atoms with Crippen LogP contribution in [-0.2, 0) is 9.59 Å². The van der Waals surface area contributed by atoms with Crippen LogP contribution in [0.3, 0.4) is 0 Å². The van der Waals surface area contributed by atoms with Crippen molar-refractivity contribution in [2.24, 2.45) is 0 Å². The monoisotopic (exact) mass is 307 g/mol. The number of hydrogen-bond donors (Lipinski definition) is 1. The van der Waals surface area contributed by atoms with Crippen molar-refractivity contribution in [3.8, 4) is 0 Å². The topological polar surface area (TPSA) is 104 Å². The Morgan fingerprint density at radius 2 is 2.27 bits per heavy atom. The molecule has 0 saturated carbocycles. The SMILES string of the molecule is CN(CCC(=O)O)C1CCN(c2cccc([N+](=O)[O-])c2)C1=O. The Morgan fingerprint density at radius 1 is 1.55 bits per heavy atom. The maximum Gasteiger partial charge on any atom is 0.304 e. The minimum atomic E-state index is -0.909. The van der Waals surface area contributed by atoms with Crippen molar-refractivity contribution in [1.29, 1.82) is 0 Å². The maximum atomic E-state index is 12.4. The van der Waals surface area contributed by atoms with Gasteiger partial charge in [0.25, 0.3) is 5.69 Å². The van der Waals surface area contributed by atoms with E-state index in [2.05, 4.69) is 0 Å². The van der Waals surface area contributed by atoms with Crippen LogP contribution in [0.5, 0.6) is 0 Å². The number of aliphatic carboxylic acids is 1. The normalized spacial score (nSPS) is 18.0.